The highest BCUT2D eigenvalue weighted by atomic mass is 32.1. The Hall–Kier alpha value is -2.40. The van der Waals surface area contributed by atoms with Crippen molar-refractivity contribution in [3.63, 3.8) is 0 Å². The molecule has 0 saturated carbocycles. The Bertz CT molecular complexity index is 735. The SMILES string of the molecule is Cc1ccoc1C(=O)N(Cc1ccccc1)Cc1nccs1. The van der Waals surface area contributed by atoms with Gasteiger partial charge in [0.25, 0.3) is 5.91 Å². The Kier molecular flexibility index (Phi) is 4.34. The topological polar surface area (TPSA) is 46.3 Å². The van der Waals surface area contributed by atoms with Crippen LogP contribution in [0.5, 0.6) is 0 Å². The van der Waals surface area contributed by atoms with Gasteiger partial charge in [0.05, 0.1) is 12.8 Å². The molecule has 0 aliphatic heterocycles. The molecule has 5 heteroatoms. The molecule has 2 aromatic heterocycles. The van der Waals surface area contributed by atoms with Crippen LogP contribution in [0, 0.1) is 6.92 Å². The van der Waals surface area contributed by atoms with Crippen LogP contribution in [-0.2, 0) is 13.1 Å². The molecule has 0 atom stereocenters. The summed E-state index contributed by atoms with van der Waals surface area (Å²) >= 11 is 1.55. The van der Waals surface area contributed by atoms with Gasteiger partial charge in [-0.3, -0.25) is 4.79 Å². The summed E-state index contributed by atoms with van der Waals surface area (Å²) in [6.07, 6.45) is 3.30. The fraction of sp³-hybridized carbons (Fsp3) is 0.176. The fourth-order valence-electron chi connectivity index (χ4n) is 2.23. The van der Waals surface area contributed by atoms with Crippen LogP contribution < -0.4 is 0 Å². The molecule has 112 valence electrons. The summed E-state index contributed by atoms with van der Waals surface area (Å²) < 4.78 is 5.36. The highest BCUT2D eigenvalue weighted by molar-refractivity contribution is 7.09. The minimum atomic E-state index is -0.110. The number of carbonyl (C=O) groups excluding carboxylic acids is 1. The highest BCUT2D eigenvalue weighted by Crippen LogP contribution is 2.18. The molecule has 0 N–H and O–H groups in total. The van der Waals surface area contributed by atoms with Crippen molar-refractivity contribution >= 4 is 17.2 Å². The van der Waals surface area contributed by atoms with Gasteiger partial charge in [0.2, 0.25) is 0 Å². The molecule has 2 heterocycles. The van der Waals surface area contributed by atoms with E-state index in [1.165, 1.54) is 0 Å². The van der Waals surface area contributed by atoms with E-state index < -0.39 is 0 Å². The van der Waals surface area contributed by atoms with Gasteiger partial charge in [-0.1, -0.05) is 30.3 Å². The van der Waals surface area contributed by atoms with Crippen LogP contribution >= 0.6 is 11.3 Å². The normalized spacial score (nSPS) is 10.6. The first-order valence-corrected chi connectivity index (χ1v) is 7.87. The van der Waals surface area contributed by atoms with Crippen molar-refractivity contribution in [2.45, 2.75) is 20.0 Å². The number of hydrogen-bond acceptors (Lipinski definition) is 4. The predicted octanol–water partition coefficient (Wildman–Crippen LogP) is 3.89. The van der Waals surface area contributed by atoms with Crippen LogP contribution in [0.15, 0.2) is 58.7 Å². The summed E-state index contributed by atoms with van der Waals surface area (Å²) in [7, 11) is 0. The first-order valence-electron chi connectivity index (χ1n) is 6.99. The third-order valence-electron chi connectivity index (χ3n) is 3.37. The zero-order valence-electron chi connectivity index (χ0n) is 12.2. The maximum atomic E-state index is 12.8. The number of carbonyl (C=O) groups is 1. The molecule has 0 aliphatic rings. The van der Waals surface area contributed by atoms with Gasteiger partial charge >= 0.3 is 0 Å². The van der Waals surface area contributed by atoms with Crippen LogP contribution in [0.2, 0.25) is 0 Å². The lowest BCUT2D eigenvalue weighted by Gasteiger charge is -2.21. The molecule has 1 aromatic carbocycles. The molecular weight excluding hydrogens is 296 g/mol. The largest absolute Gasteiger partial charge is 0.459 e. The zero-order chi connectivity index (χ0) is 15.4. The first-order chi connectivity index (χ1) is 10.7. The van der Waals surface area contributed by atoms with Gasteiger partial charge in [-0.2, -0.15) is 0 Å². The smallest absolute Gasteiger partial charge is 0.290 e. The van der Waals surface area contributed by atoms with Crippen molar-refractivity contribution in [2.24, 2.45) is 0 Å². The molecular formula is C17H16N2O2S. The summed E-state index contributed by atoms with van der Waals surface area (Å²) in [5, 5.41) is 2.83. The molecule has 0 fully saturated rings. The molecule has 0 saturated heterocycles. The first kappa shape index (κ1) is 14.5. The second-order valence-corrected chi connectivity index (χ2v) is 5.98. The minimum Gasteiger partial charge on any atom is -0.459 e. The summed E-state index contributed by atoms with van der Waals surface area (Å²) in [5.41, 5.74) is 1.93. The average molecular weight is 312 g/mol. The van der Waals surface area contributed by atoms with E-state index in [0.29, 0.717) is 18.8 Å². The Morgan fingerprint density at radius 2 is 2.05 bits per heavy atom. The number of hydrogen-bond donors (Lipinski definition) is 0. The fourth-order valence-corrected chi connectivity index (χ4v) is 2.86. The molecule has 0 spiro atoms. The van der Waals surface area contributed by atoms with E-state index >= 15 is 0 Å². The number of furan rings is 1. The number of amides is 1. The average Bonchev–Trinajstić information content (AvgIpc) is 3.18. The van der Waals surface area contributed by atoms with Crippen molar-refractivity contribution in [3.05, 3.63) is 76.1 Å². The van der Waals surface area contributed by atoms with Gasteiger partial charge in [-0.25, -0.2) is 4.98 Å². The number of thiazole rings is 1. The molecule has 1 amide bonds. The molecule has 0 radical (unpaired) electrons. The van der Waals surface area contributed by atoms with Gasteiger partial charge in [0.1, 0.15) is 5.01 Å². The lowest BCUT2D eigenvalue weighted by atomic mass is 10.2. The van der Waals surface area contributed by atoms with Crippen LogP contribution in [0.25, 0.3) is 0 Å². The summed E-state index contributed by atoms with van der Waals surface area (Å²) in [6.45, 7) is 2.88. The number of benzene rings is 1. The lowest BCUT2D eigenvalue weighted by molar-refractivity contribution is 0.0696. The van der Waals surface area contributed by atoms with E-state index in [0.717, 1.165) is 16.1 Å². The van der Waals surface area contributed by atoms with Gasteiger partial charge in [0, 0.05) is 23.7 Å². The summed E-state index contributed by atoms with van der Waals surface area (Å²) in [5.74, 6) is 0.286. The Morgan fingerprint density at radius 3 is 2.68 bits per heavy atom. The molecule has 0 unspecified atom stereocenters. The van der Waals surface area contributed by atoms with E-state index in [2.05, 4.69) is 4.98 Å². The van der Waals surface area contributed by atoms with E-state index in [9.17, 15) is 4.79 Å². The maximum Gasteiger partial charge on any atom is 0.290 e. The lowest BCUT2D eigenvalue weighted by Crippen LogP contribution is -2.30. The van der Waals surface area contributed by atoms with Gasteiger partial charge in [-0.05, 0) is 18.6 Å². The Morgan fingerprint density at radius 1 is 1.23 bits per heavy atom. The molecule has 0 bridgehead atoms. The minimum absolute atomic E-state index is 0.110. The molecule has 4 nitrogen and oxygen atoms in total. The Labute approximate surface area is 133 Å². The molecule has 22 heavy (non-hydrogen) atoms. The van der Waals surface area contributed by atoms with Crippen LogP contribution in [-0.4, -0.2) is 15.8 Å². The van der Waals surface area contributed by atoms with E-state index in [4.69, 9.17) is 4.42 Å². The summed E-state index contributed by atoms with van der Waals surface area (Å²) in [6, 6.07) is 11.7. The van der Waals surface area contributed by atoms with Crippen molar-refractivity contribution in [1.82, 2.24) is 9.88 Å². The second kappa shape index (κ2) is 6.58. The number of aryl methyl sites for hydroxylation is 1. The quantitative estimate of drug-likeness (QED) is 0.718. The highest BCUT2D eigenvalue weighted by Gasteiger charge is 2.21. The van der Waals surface area contributed by atoms with Crippen molar-refractivity contribution in [3.8, 4) is 0 Å². The third kappa shape index (κ3) is 3.26. The molecule has 3 rings (SSSR count). The van der Waals surface area contributed by atoms with Crippen molar-refractivity contribution in [2.75, 3.05) is 0 Å². The third-order valence-corrected chi connectivity index (χ3v) is 4.13. The van der Waals surface area contributed by atoms with Crippen LogP contribution in [0.4, 0.5) is 0 Å². The molecule has 0 aliphatic carbocycles. The van der Waals surface area contributed by atoms with Crippen LogP contribution in [0.1, 0.15) is 26.7 Å². The standard InChI is InChI=1S/C17H16N2O2S/c1-13-7-9-21-16(13)17(20)19(12-15-18-8-10-22-15)11-14-5-3-2-4-6-14/h2-10H,11-12H2,1H3. The number of aromatic nitrogens is 1. The van der Waals surface area contributed by atoms with Gasteiger partial charge in [0.15, 0.2) is 5.76 Å². The van der Waals surface area contributed by atoms with Gasteiger partial charge in [-0.15, -0.1) is 11.3 Å². The monoisotopic (exact) mass is 312 g/mol. The number of rotatable bonds is 5. The van der Waals surface area contributed by atoms with Gasteiger partial charge < -0.3 is 9.32 Å². The zero-order valence-corrected chi connectivity index (χ0v) is 13.0. The van der Waals surface area contributed by atoms with Crippen LogP contribution in [0.3, 0.4) is 0 Å². The number of nitrogens with zero attached hydrogens (tertiary/aromatic N) is 2. The predicted molar refractivity (Wildman–Crippen MR) is 85.6 cm³/mol. The second-order valence-electron chi connectivity index (χ2n) is 5.01. The van der Waals surface area contributed by atoms with E-state index in [1.807, 2.05) is 42.6 Å². The van der Waals surface area contributed by atoms with E-state index in [1.54, 1.807) is 34.8 Å². The Balaban J connectivity index is 1.85. The van der Waals surface area contributed by atoms with Crippen molar-refractivity contribution < 1.29 is 9.21 Å². The molecule has 3 aromatic rings. The van der Waals surface area contributed by atoms with E-state index in [-0.39, 0.29) is 5.91 Å². The maximum absolute atomic E-state index is 12.8. The summed E-state index contributed by atoms with van der Waals surface area (Å²) in [4.78, 5) is 18.8. The van der Waals surface area contributed by atoms with Crippen molar-refractivity contribution in [1.29, 1.82) is 0 Å².